The zero-order valence-corrected chi connectivity index (χ0v) is 12.4. The molecule has 2 heteroatoms. The number of hydrogen-bond acceptors (Lipinski definition) is 0. The Morgan fingerprint density at radius 2 is 1.64 bits per heavy atom. The van der Waals surface area contributed by atoms with E-state index < -0.39 is 8.07 Å². The first-order valence-electron chi connectivity index (χ1n) is 5.27. The molecule has 0 saturated carbocycles. The van der Waals surface area contributed by atoms with E-state index in [9.17, 15) is 0 Å². The van der Waals surface area contributed by atoms with Gasteiger partial charge in [-0.25, -0.2) is 10.7 Å². The second-order valence-corrected chi connectivity index (χ2v) is 12.4. The van der Waals surface area contributed by atoms with Gasteiger partial charge >= 0.3 is 0 Å². The molecule has 1 heterocycles. The lowest BCUT2D eigenvalue weighted by Crippen LogP contribution is -2.48. The molecule has 0 aromatic carbocycles. The molecule has 0 aliphatic heterocycles. The summed E-state index contributed by atoms with van der Waals surface area (Å²) in [7, 11) is 0.207. The lowest BCUT2D eigenvalue weighted by atomic mass is 10.2. The van der Waals surface area contributed by atoms with Crippen LogP contribution in [0.2, 0.25) is 18.1 Å². The van der Waals surface area contributed by atoms with Crippen molar-refractivity contribution in [3.8, 4) is 0 Å². The van der Waals surface area contributed by atoms with Crippen molar-refractivity contribution >= 4 is 21.2 Å². The van der Waals surface area contributed by atoms with Crippen LogP contribution in [0.1, 0.15) is 31.9 Å². The molecular weight excluding hydrogens is 203 g/mol. The van der Waals surface area contributed by atoms with E-state index in [2.05, 4.69) is 53.5 Å². The summed E-state index contributed by atoms with van der Waals surface area (Å²) in [5.74, 6) is 2.37. The molecular formula is C12H22PSi-. The molecule has 0 fully saturated rings. The average Bonchev–Trinajstić information content (AvgIpc) is 2.30. The smallest absolute Gasteiger partial charge is 0.0528 e. The maximum absolute atomic E-state index is 2.51. The van der Waals surface area contributed by atoms with E-state index in [1.807, 2.05) is 0 Å². The summed E-state index contributed by atoms with van der Waals surface area (Å²) < 4.78 is 0. The van der Waals surface area contributed by atoms with Crippen LogP contribution in [-0.2, 0) is 0 Å². The minimum atomic E-state index is -1.26. The van der Waals surface area contributed by atoms with E-state index in [0.717, 1.165) is 0 Å². The van der Waals surface area contributed by atoms with Crippen LogP contribution in [-0.4, -0.2) is 8.07 Å². The maximum atomic E-state index is 2.51. The van der Waals surface area contributed by atoms with Gasteiger partial charge in [0.15, 0.2) is 0 Å². The highest BCUT2D eigenvalue weighted by Crippen LogP contribution is 2.38. The van der Waals surface area contributed by atoms with E-state index in [1.54, 1.807) is 10.5 Å². The van der Waals surface area contributed by atoms with E-state index in [0.29, 0.717) is 5.04 Å². The minimum Gasteiger partial charge on any atom is -0.532 e. The largest absolute Gasteiger partial charge is 0.532 e. The van der Waals surface area contributed by atoms with Gasteiger partial charge in [0.1, 0.15) is 0 Å². The normalized spacial score (nSPS) is 13.9. The summed E-state index contributed by atoms with van der Waals surface area (Å²) in [6.07, 6.45) is 0. The number of hydrogen-bond donors (Lipinski definition) is 0. The molecule has 14 heavy (non-hydrogen) atoms. The van der Waals surface area contributed by atoms with E-state index >= 15 is 0 Å². The SMILES string of the molecule is Cc1c[p-]c([Si](C)(C)C(C)(C)C)c1C. The van der Waals surface area contributed by atoms with Crippen LogP contribution in [0.5, 0.6) is 0 Å². The summed E-state index contributed by atoms with van der Waals surface area (Å²) in [6.45, 7) is 16.7. The Labute approximate surface area is 91.2 Å². The molecule has 0 aliphatic rings. The van der Waals surface area contributed by atoms with Gasteiger partial charge in [0.2, 0.25) is 0 Å². The van der Waals surface area contributed by atoms with Crippen LogP contribution in [0.15, 0.2) is 5.80 Å². The average molecular weight is 225 g/mol. The van der Waals surface area contributed by atoms with Crippen molar-refractivity contribution in [2.75, 3.05) is 0 Å². The van der Waals surface area contributed by atoms with Crippen LogP contribution in [0, 0.1) is 13.8 Å². The summed E-state index contributed by atoms with van der Waals surface area (Å²) in [4.78, 5) is 1.74. The van der Waals surface area contributed by atoms with Crippen molar-refractivity contribution < 1.29 is 0 Å². The van der Waals surface area contributed by atoms with Crippen molar-refractivity contribution in [3.05, 3.63) is 16.9 Å². The lowest BCUT2D eigenvalue weighted by Gasteiger charge is -2.42. The van der Waals surface area contributed by atoms with Gasteiger partial charge in [0.05, 0.1) is 8.07 Å². The fourth-order valence-electron chi connectivity index (χ4n) is 1.53. The molecule has 0 bridgehead atoms. The Morgan fingerprint density at radius 3 is 1.93 bits per heavy atom. The Morgan fingerprint density at radius 1 is 1.14 bits per heavy atom. The highest BCUT2D eigenvalue weighted by molar-refractivity contribution is 7.41. The van der Waals surface area contributed by atoms with Crippen LogP contribution >= 0.6 is 8.19 Å². The quantitative estimate of drug-likeness (QED) is 0.624. The van der Waals surface area contributed by atoms with Crippen molar-refractivity contribution in [2.24, 2.45) is 0 Å². The first-order valence-corrected chi connectivity index (χ1v) is 9.23. The van der Waals surface area contributed by atoms with Crippen molar-refractivity contribution in [1.29, 1.82) is 0 Å². The second kappa shape index (κ2) is 3.54. The molecule has 0 aliphatic carbocycles. The molecule has 0 N–H and O–H groups in total. The Kier molecular flexibility index (Phi) is 3.05. The van der Waals surface area contributed by atoms with Gasteiger partial charge in [-0.2, -0.15) is 0 Å². The standard InChI is InChI=1S/C12H22PSi/c1-9-8-13-11(10(9)2)14(6,7)12(3,4)5/h8H,1-7H3/q-1. The molecule has 0 spiro atoms. The second-order valence-electron chi connectivity index (χ2n) is 5.79. The van der Waals surface area contributed by atoms with Gasteiger partial charge in [-0.15, -0.1) is 0 Å². The summed E-state index contributed by atoms with van der Waals surface area (Å²) in [6, 6.07) is 0. The van der Waals surface area contributed by atoms with Gasteiger partial charge in [0.25, 0.3) is 0 Å². The van der Waals surface area contributed by atoms with Gasteiger partial charge in [-0.3, -0.25) is 0 Å². The molecule has 0 nitrogen and oxygen atoms in total. The molecule has 1 aromatic rings. The Balaban J connectivity index is 3.23. The molecule has 0 saturated heterocycles. The third-order valence-electron chi connectivity index (χ3n) is 3.80. The Bertz CT molecular complexity index is 329. The topological polar surface area (TPSA) is 0 Å². The lowest BCUT2D eigenvalue weighted by molar-refractivity contribution is 0.730. The molecule has 80 valence electrons. The highest BCUT2D eigenvalue weighted by atomic mass is 31.0. The summed E-state index contributed by atoms with van der Waals surface area (Å²) >= 11 is 0. The molecule has 1 aromatic heterocycles. The fourth-order valence-corrected chi connectivity index (χ4v) is 6.75. The number of rotatable bonds is 1. The van der Waals surface area contributed by atoms with Crippen LogP contribution < -0.4 is 4.92 Å². The molecule has 0 atom stereocenters. The van der Waals surface area contributed by atoms with Gasteiger partial charge < -0.3 is 8.19 Å². The minimum absolute atomic E-state index is 0.467. The highest BCUT2D eigenvalue weighted by Gasteiger charge is 2.34. The van der Waals surface area contributed by atoms with Crippen molar-refractivity contribution in [2.45, 2.75) is 52.8 Å². The molecule has 0 radical (unpaired) electrons. The summed E-state index contributed by atoms with van der Waals surface area (Å²) in [5.41, 5.74) is 3.06. The predicted octanol–water partition coefficient (Wildman–Crippen LogP) is 4.32. The maximum Gasteiger partial charge on any atom is 0.0528 e. The third kappa shape index (κ3) is 1.85. The molecule has 0 unspecified atom stereocenters. The van der Waals surface area contributed by atoms with Crippen LogP contribution in [0.4, 0.5) is 0 Å². The van der Waals surface area contributed by atoms with E-state index in [1.165, 1.54) is 13.8 Å². The van der Waals surface area contributed by atoms with Crippen LogP contribution in [0.3, 0.4) is 0 Å². The van der Waals surface area contributed by atoms with Crippen molar-refractivity contribution in [3.63, 3.8) is 0 Å². The first kappa shape index (κ1) is 12.1. The number of aryl methyl sites for hydroxylation is 1. The van der Waals surface area contributed by atoms with Crippen LogP contribution in [0.25, 0.3) is 0 Å². The van der Waals surface area contributed by atoms with E-state index in [-0.39, 0.29) is 0 Å². The van der Waals surface area contributed by atoms with Gasteiger partial charge in [-0.1, -0.05) is 45.0 Å². The van der Waals surface area contributed by atoms with Gasteiger partial charge in [0, 0.05) is 0 Å². The van der Waals surface area contributed by atoms with E-state index in [4.69, 9.17) is 0 Å². The molecule has 0 amide bonds. The first-order chi connectivity index (χ1) is 6.18. The third-order valence-corrected chi connectivity index (χ3v) is 12.3. The Hall–Kier alpha value is -0.00312. The predicted molar refractivity (Wildman–Crippen MR) is 70.9 cm³/mol. The summed E-state index contributed by atoms with van der Waals surface area (Å²) in [5, 5.41) is 0.467. The molecule has 1 rings (SSSR count). The zero-order chi connectivity index (χ0) is 11.1. The fraction of sp³-hybridized carbons (Fsp3) is 0.667. The van der Waals surface area contributed by atoms with Gasteiger partial charge in [-0.05, 0) is 18.9 Å². The monoisotopic (exact) mass is 225 g/mol. The zero-order valence-electron chi connectivity index (χ0n) is 10.5. The van der Waals surface area contributed by atoms with Crippen molar-refractivity contribution in [1.82, 2.24) is 0 Å².